The van der Waals surface area contributed by atoms with Crippen molar-refractivity contribution in [2.24, 2.45) is 0 Å². The van der Waals surface area contributed by atoms with Crippen LogP contribution < -0.4 is 0 Å². The smallest absolute Gasteiger partial charge is 0.213 e. The summed E-state index contributed by atoms with van der Waals surface area (Å²) in [6.45, 7) is 3.53. The average Bonchev–Trinajstić information content (AvgIpc) is 2.87. The number of thioether (sulfide) groups is 1. The summed E-state index contributed by atoms with van der Waals surface area (Å²) in [5.41, 5.74) is 1.57. The molecular formula is C15H14ClN3O2S2. The molecule has 0 unspecified atom stereocenters. The normalized spacial score (nSPS) is 12.0. The fraction of sp³-hybridized carbons (Fsp3) is 0.200. The van der Waals surface area contributed by atoms with E-state index in [1.165, 1.54) is 16.3 Å². The molecule has 5 nitrogen and oxygen atoms in total. The Morgan fingerprint density at radius 3 is 2.57 bits per heavy atom. The molecule has 0 bridgehead atoms. The van der Waals surface area contributed by atoms with Crippen LogP contribution in [0.2, 0.25) is 5.15 Å². The second-order valence-electron chi connectivity index (χ2n) is 5.06. The Hall–Kier alpha value is -1.57. The van der Waals surface area contributed by atoms with Gasteiger partial charge in [0.25, 0.3) is 0 Å². The van der Waals surface area contributed by atoms with E-state index in [4.69, 9.17) is 11.6 Å². The van der Waals surface area contributed by atoms with Crippen molar-refractivity contribution in [2.75, 3.05) is 6.26 Å². The molecule has 2 aromatic heterocycles. The number of halogens is 1. The molecule has 2 heterocycles. The number of sulfone groups is 1. The number of hydrogen-bond donors (Lipinski definition) is 0. The van der Waals surface area contributed by atoms with E-state index in [2.05, 4.69) is 10.1 Å². The van der Waals surface area contributed by atoms with E-state index in [1.807, 2.05) is 0 Å². The number of aryl methyl sites for hydroxylation is 2. The second-order valence-corrected chi connectivity index (χ2v) is 8.10. The van der Waals surface area contributed by atoms with Crippen LogP contribution in [0.5, 0.6) is 0 Å². The standard InChI is InChI=1S/C15H14ClN3O2S2/c1-9-6-4-5-7-11(9)23(20,21)13-14-17-10(2)8-12(16)19(14)18-15(13)22-3/h4-8H,1-3H3. The van der Waals surface area contributed by atoms with Gasteiger partial charge in [-0.25, -0.2) is 17.9 Å². The maximum absolute atomic E-state index is 13.2. The largest absolute Gasteiger partial charge is 0.233 e. The maximum atomic E-state index is 13.2. The summed E-state index contributed by atoms with van der Waals surface area (Å²) in [4.78, 5) is 4.71. The molecule has 0 radical (unpaired) electrons. The van der Waals surface area contributed by atoms with E-state index in [1.54, 1.807) is 50.4 Å². The Bertz CT molecular complexity index is 1010. The number of aromatic nitrogens is 3. The summed E-state index contributed by atoms with van der Waals surface area (Å²) in [5, 5.41) is 5.01. The molecule has 1 aromatic carbocycles. The zero-order valence-corrected chi connectivity index (χ0v) is 15.1. The van der Waals surface area contributed by atoms with Crippen molar-refractivity contribution < 1.29 is 8.42 Å². The van der Waals surface area contributed by atoms with Gasteiger partial charge in [0.1, 0.15) is 10.2 Å². The monoisotopic (exact) mass is 367 g/mol. The second kappa shape index (κ2) is 5.81. The lowest BCUT2D eigenvalue weighted by molar-refractivity contribution is 0.594. The summed E-state index contributed by atoms with van der Waals surface area (Å²) < 4.78 is 27.7. The summed E-state index contributed by atoms with van der Waals surface area (Å²) in [6.07, 6.45) is 1.78. The molecule has 3 aromatic rings. The minimum atomic E-state index is -3.75. The topological polar surface area (TPSA) is 64.3 Å². The molecular weight excluding hydrogens is 354 g/mol. The van der Waals surface area contributed by atoms with Crippen molar-refractivity contribution in [2.45, 2.75) is 28.7 Å². The molecule has 120 valence electrons. The van der Waals surface area contributed by atoms with Gasteiger partial charge in [0, 0.05) is 5.69 Å². The molecule has 8 heteroatoms. The molecule has 0 aliphatic carbocycles. The Kier molecular flexibility index (Phi) is 4.12. The SMILES string of the molecule is CSc1nn2c(Cl)cc(C)nc2c1S(=O)(=O)c1ccccc1C. The van der Waals surface area contributed by atoms with Crippen LogP contribution in [0.25, 0.3) is 5.65 Å². The summed E-state index contributed by atoms with van der Waals surface area (Å²) in [7, 11) is -3.75. The van der Waals surface area contributed by atoms with Crippen molar-refractivity contribution in [1.29, 1.82) is 0 Å². The zero-order valence-electron chi connectivity index (χ0n) is 12.7. The van der Waals surface area contributed by atoms with E-state index in [0.717, 1.165) is 0 Å². The summed E-state index contributed by atoms with van der Waals surface area (Å²) in [6, 6.07) is 8.52. The zero-order chi connectivity index (χ0) is 16.8. The Morgan fingerprint density at radius 2 is 1.91 bits per heavy atom. The predicted molar refractivity (Wildman–Crippen MR) is 91.1 cm³/mol. The minimum absolute atomic E-state index is 0.102. The lowest BCUT2D eigenvalue weighted by atomic mass is 10.2. The fourth-order valence-corrected chi connectivity index (χ4v) is 5.30. The first-order valence-electron chi connectivity index (χ1n) is 6.77. The summed E-state index contributed by atoms with van der Waals surface area (Å²) in [5.74, 6) is 0. The quantitative estimate of drug-likeness (QED) is 0.523. The van der Waals surface area contributed by atoms with Gasteiger partial charge in [-0.2, -0.15) is 5.10 Å². The van der Waals surface area contributed by atoms with Gasteiger partial charge < -0.3 is 0 Å². The molecule has 0 saturated heterocycles. The molecule has 0 aliphatic heterocycles. The highest BCUT2D eigenvalue weighted by Crippen LogP contribution is 2.34. The van der Waals surface area contributed by atoms with Gasteiger partial charge >= 0.3 is 0 Å². The minimum Gasteiger partial charge on any atom is -0.233 e. The van der Waals surface area contributed by atoms with Crippen LogP contribution in [-0.4, -0.2) is 29.3 Å². The highest BCUT2D eigenvalue weighted by Gasteiger charge is 2.30. The van der Waals surface area contributed by atoms with Gasteiger partial charge in [0.15, 0.2) is 10.5 Å². The van der Waals surface area contributed by atoms with Gasteiger partial charge in [-0.15, -0.1) is 11.8 Å². The Balaban J connectivity index is 2.42. The highest BCUT2D eigenvalue weighted by atomic mass is 35.5. The Labute approximate surface area is 143 Å². The van der Waals surface area contributed by atoms with E-state index in [-0.39, 0.29) is 15.4 Å². The van der Waals surface area contributed by atoms with Gasteiger partial charge in [-0.05, 0) is 37.8 Å². The number of fused-ring (bicyclic) bond motifs is 1. The third-order valence-electron chi connectivity index (χ3n) is 3.45. The van der Waals surface area contributed by atoms with Crippen molar-refractivity contribution in [3.63, 3.8) is 0 Å². The molecule has 23 heavy (non-hydrogen) atoms. The fourth-order valence-electron chi connectivity index (χ4n) is 2.39. The molecule has 0 fully saturated rings. The molecule has 0 N–H and O–H groups in total. The van der Waals surface area contributed by atoms with E-state index in [9.17, 15) is 8.42 Å². The van der Waals surface area contributed by atoms with Crippen LogP contribution in [0.1, 0.15) is 11.3 Å². The van der Waals surface area contributed by atoms with E-state index >= 15 is 0 Å². The number of benzene rings is 1. The number of rotatable bonds is 3. The first kappa shape index (κ1) is 16.3. The van der Waals surface area contributed by atoms with E-state index in [0.29, 0.717) is 21.4 Å². The van der Waals surface area contributed by atoms with Crippen molar-refractivity contribution >= 4 is 38.8 Å². The molecule has 0 atom stereocenters. The first-order chi connectivity index (χ1) is 10.9. The highest BCUT2D eigenvalue weighted by molar-refractivity contribution is 7.99. The van der Waals surface area contributed by atoms with Crippen molar-refractivity contribution in [3.05, 3.63) is 46.7 Å². The number of hydrogen-bond acceptors (Lipinski definition) is 5. The maximum Gasteiger partial charge on any atom is 0.213 e. The lowest BCUT2D eigenvalue weighted by Gasteiger charge is -2.07. The van der Waals surface area contributed by atoms with Crippen molar-refractivity contribution in [1.82, 2.24) is 14.6 Å². The van der Waals surface area contributed by atoms with Gasteiger partial charge in [0.05, 0.1) is 4.90 Å². The van der Waals surface area contributed by atoms with Crippen LogP contribution in [0.4, 0.5) is 0 Å². The molecule has 0 amide bonds. The molecule has 3 rings (SSSR count). The molecule has 0 spiro atoms. The number of nitrogens with zero attached hydrogens (tertiary/aromatic N) is 3. The van der Waals surface area contributed by atoms with Crippen LogP contribution in [-0.2, 0) is 9.84 Å². The van der Waals surface area contributed by atoms with Gasteiger partial charge in [-0.3, -0.25) is 0 Å². The van der Waals surface area contributed by atoms with Crippen molar-refractivity contribution in [3.8, 4) is 0 Å². The third kappa shape index (κ3) is 2.62. The molecule has 0 aliphatic rings. The first-order valence-corrected chi connectivity index (χ1v) is 9.85. The van der Waals surface area contributed by atoms with Gasteiger partial charge in [0.2, 0.25) is 9.84 Å². The van der Waals surface area contributed by atoms with Crippen LogP contribution in [0, 0.1) is 13.8 Å². The van der Waals surface area contributed by atoms with Crippen LogP contribution in [0.15, 0.2) is 45.1 Å². The average molecular weight is 368 g/mol. The lowest BCUT2D eigenvalue weighted by Crippen LogP contribution is -2.06. The van der Waals surface area contributed by atoms with Crippen LogP contribution >= 0.6 is 23.4 Å². The molecule has 0 saturated carbocycles. The predicted octanol–water partition coefficient (Wildman–Crippen LogP) is 3.55. The van der Waals surface area contributed by atoms with Crippen LogP contribution in [0.3, 0.4) is 0 Å². The summed E-state index contributed by atoms with van der Waals surface area (Å²) >= 11 is 7.44. The Morgan fingerprint density at radius 1 is 1.22 bits per heavy atom. The van der Waals surface area contributed by atoms with E-state index < -0.39 is 9.84 Å². The third-order valence-corrected chi connectivity index (χ3v) is 6.47. The van der Waals surface area contributed by atoms with Gasteiger partial charge in [-0.1, -0.05) is 29.8 Å².